The molecular weight excluding hydrogens is 349 g/mol. The first kappa shape index (κ1) is 16.7. The number of nitrogens with zero attached hydrogens (tertiary/aromatic N) is 1. The topological polar surface area (TPSA) is 38.8 Å². The SMILES string of the molecule is COC(=O)N(COc1ccc(Cl)cc1Cl)c1ccc(Cl)cc1. The summed E-state index contributed by atoms with van der Waals surface area (Å²) in [5, 5.41) is 1.42. The Kier molecular flexibility index (Phi) is 5.77. The van der Waals surface area contributed by atoms with E-state index in [1.165, 1.54) is 12.0 Å². The maximum absolute atomic E-state index is 11.9. The molecule has 0 radical (unpaired) electrons. The van der Waals surface area contributed by atoms with Gasteiger partial charge in [0.25, 0.3) is 0 Å². The molecule has 7 heteroatoms. The van der Waals surface area contributed by atoms with Crippen LogP contribution in [0.4, 0.5) is 10.5 Å². The van der Waals surface area contributed by atoms with Crippen molar-refractivity contribution in [1.29, 1.82) is 0 Å². The summed E-state index contributed by atoms with van der Waals surface area (Å²) in [4.78, 5) is 13.2. The van der Waals surface area contributed by atoms with E-state index in [1.807, 2.05) is 0 Å². The second kappa shape index (κ2) is 7.58. The van der Waals surface area contributed by atoms with Crippen LogP contribution in [0.25, 0.3) is 0 Å². The third-order valence-electron chi connectivity index (χ3n) is 2.78. The molecule has 0 atom stereocenters. The lowest BCUT2D eigenvalue weighted by Gasteiger charge is -2.22. The molecule has 0 spiro atoms. The lowest BCUT2D eigenvalue weighted by Crippen LogP contribution is -2.34. The normalized spacial score (nSPS) is 10.2. The number of carbonyl (C=O) groups excluding carboxylic acids is 1. The first-order valence-electron chi connectivity index (χ1n) is 6.20. The maximum atomic E-state index is 11.9. The van der Waals surface area contributed by atoms with Crippen molar-refractivity contribution in [3.8, 4) is 5.75 Å². The van der Waals surface area contributed by atoms with Crippen LogP contribution < -0.4 is 9.64 Å². The van der Waals surface area contributed by atoms with Crippen molar-refractivity contribution < 1.29 is 14.3 Å². The summed E-state index contributed by atoms with van der Waals surface area (Å²) < 4.78 is 10.3. The van der Waals surface area contributed by atoms with Gasteiger partial charge in [0, 0.05) is 10.0 Å². The summed E-state index contributed by atoms with van der Waals surface area (Å²) in [5.41, 5.74) is 0.585. The van der Waals surface area contributed by atoms with Gasteiger partial charge in [-0.2, -0.15) is 0 Å². The van der Waals surface area contributed by atoms with Crippen LogP contribution in [0.15, 0.2) is 42.5 Å². The van der Waals surface area contributed by atoms with Gasteiger partial charge in [-0.3, -0.25) is 0 Å². The minimum atomic E-state index is -0.563. The fourth-order valence-electron chi connectivity index (χ4n) is 1.69. The standard InChI is InChI=1S/C15H12Cl3NO3/c1-21-15(20)19(12-5-2-10(16)3-6-12)9-22-14-7-4-11(17)8-13(14)18/h2-8H,9H2,1H3. The molecular formula is C15H12Cl3NO3. The van der Waals surface area contributed by atoms with Crippen LogP contribution in [0, 0.1) is 0 Å². The Labute approximate surface area is 143 Å². The van der Waals surface area contributed by atoms with Crippen molar-refractivity contribution >= 4 is 46.6 Å². The van der Waals surface area contributed by atoms with E-state index < -0.39 is 6.09 Å². The van der Waals surface area contributed by atoms with E-state index in [0.717, 1.165) is 0 Å². The minimum absolute atomic E-state index is 0.0738. The molecule has 0 aliphatic rings. The van der Waals surface area contributed by atoms with Gasteiger partial charge in [0.2, 0.25) is 0 Å². The summed E-state index contributed by atoms with van der Waals surface area (Å²) in [6, 6.07) is 11.5. The van der Waals surface area contributed by atoms with Gasteiger partial charge in [-0.15, -0.1) is 0 Å². The van der Waals surface area contributed by atoms with Gasteiger partial charge in [0.1, 0.15) is 5.75 Å². The molecule has 1 amide bonds. The summed E-state index contributed by atoms with van der Waals surface area (Å²) in [5.74, 6) is 0.411. The zero-order valence-corrected chi connectivity index (χ0v) is 13.8. The van der Waals surface area contributed by atoms with Gasteiger partial charge in [-0.05, 0) is 42.5 Å². The van der Waals surface area contributed by atoms with E-state index in [-0.39, 0.29) is 6.73 Å². The predicted octanol–water partition coefficient (Wildman–Crippen LogP) is 5.26. The number of carbonyl (C=O) groups is 1. The summed E-state index contributed by atoms with van der Waals surface area (Å²) in [6.07, 6.45) is -0.563. The van der Waals surface area contributed by atoms with E-state index in [9.17, 15) is 4.79 Å². The molecule has 0 saturated heterocycles. The van der Waals surface area contributed by atoms with Gasteiger partial charge in [-0.25, -0.2) is 9.69 Å². The van der Waals surface area contributed by atoms with Crippen molar-refractivity contribution in [2.45, 2.75) is 0 Å². The highest BCUT2D eigenvalue weighted by Gasteiger charge is 2.17. The highest BCUT2D eigenvalue weighted by atomic mass is 35.5. The van der Waals surface area contributed by atoms with Crippen LogP contribution in [0.5, 0.6) is 5.75 Å². The van der Waals surface area contributed by atoms with Crippen molar-refractivity contribution in [1.82, 2.24) is 0 Å². The molecule has 0 N–H and O–H groups in total. The van der Waals surface area contributed by atoms with Crippen LogP contribution in [-0.4, -0.2) is 19.9 Å². The average Bonchev–Trinajstić information content (AvgIpc) is 2.50. The Bertz CT molecular complexity index is 662. The van der Waals surface area contributed by atoms with Crippen molar-refractivity contribution in [2.24, 2.45) is 0 Å². The molecule has 0 aliphatic carbocycles. The molecule has 0 aliphatic heterocycles. The third kappa shape index (κ3) is 4.19. The van der Waals surface area contributed by atoms with Gasteiger partial charge in [0.15, 0.2) is 6.73 Å². The third-order valence-corrected chi connectivity index (χ3v) is 3.56. The smallest absolute Gasteiger partial charge is 0.416 e. The number of anilines is 1. The fraction of sp³-hybridized carbons (Fsp3) is 0.133. The van der Waals surface area contributed by atoms with Crippen LogP contribution in [-0.2, 0) is 4.74 Å². The van der Waals surface area contributed by atoms with E-state index in [1.54, 1.807) is 42.5 Å². The average molecular weight is 361 g/mol. The first-order valence-corrected chi connectivity index (χ1v) is 7.33. The number of benzene rings is 2. The quantitative estimate of drug-likeness (QED) is 0.698. The molecule has 22 heavy (non-hydrogen) atoms. The maximum Gasteiger partial charge on any atom is 0.416 e. The molecule has 2 rings (SSSR count). The van der Waals surface area contributed by atoms with Crippen molar-refractivity contribution in [3.05, 3.63) is 57.5 Å². The second-order valence-electron chi connectivity index (χ2n) is 4.22. The fourth-order valence-corrected chi connectivity index (χ4v) is 2.28. The monoisotopic (exact) mass is 359 g/mol. The van der Waals surface area contributed by atoms with Crippen molar-refractivity contribution in [2.75, 3.05) is 18.7 Å². The van der Waals surface area contributed by atoms with Crippen LogP contribution in [0.1, 0.15) is 0 Å². The van der Waals surface area contributed by atoms with Crippen LogP contribution in [0.3, 0.4) is 0 Å². The summed E-state index contributed by atoms with van der Waals surface area (Å²) >= 11 is 17.7. The van der Waals surface area contributed by atoms with Gasteiger partial charge < -0.3 is 9.47 Å². The number of hydrogen-bond donors (Lipinski definition) is 0. The summed E-state index contributed by atoms with van der Waals surface area (Å²) in [6.45, 7) is -0.0738. The minimum Gasteiger partial charge on any atom is -0.471 e. The number of methoxy groups -OCH3 is 1. The summed E-state index contributed by atoms with van der Waals surface area (Å²) in [7, 11) is 1.29. The number of ether oxygens (including phenoxy) is 2. The molecule has 2 aromatic rings. The highest BCUT2D eigenvalue weighted by molar-refractivity contribution is 6.35. The molecule has 2 aromatic carbocycles. The molecule has 0 aromatic heterocycles. The number of halogens is 3. The Morgan fingerprint density at radius 2 is 1.68 bits per heavy atom. The zero-order valence-electron chi connectivity index (χ0n) is 11.6. The molecule has 0 unspecified atom stereocenters. The van der Waals surface area contributed by atoms with E-state index in [4.69, 9.17) is 44.3 Å². The van der Waals surface area contributed by atoms with Crippen molar-refractivity contribution in [3.63, 3.8) is 0 Å². The first-order chi connectivity index (χ1) is 10.5. The Morgan fingerprint density at radius 1 is 1.05 bits per heavy atom. The van der Waals surface area contributed by atoms with E-state index in [2.05, 4.69) is 0 Å². The van der Waals surface area contributed by atoms with Gasteiger partial charge in [-0.1, -0.05) is 34.8 Å². The number of rotatable bonds is 4. The number of amides is 1. The molecule has 0 heterocycles. The Hall–Kier alpha value is -1.62. The lowest BCUT2D eigenvalue weighted by atomic mass is 10.3. The lowest BCUT2D eigenvalue weighted by molar-refractivity contribution is 0.170. The van der Waals surface area contributed by atoms with E-state index >= 15 is 0 Å². The second-order valence-corrected chi connectivity index (χ2v) is 5.50. The number of hydrogen-bond acceptors (Lipinski definition) is 3. The largest absolute Gasteiger partial charge is 0.471 e. The highest BCUT2D eigenvalue weighted by Crippen LogP contribution is 2.28. The van der Waals surface area contributed by atoms with Crippen LogP contribution in [0.2, 0.25) is 15.1 Å². The Balaban J connectivity index is 2.17. The molecule has 116 valence electrons. The Morgan fingerprint density at radius 3 is 2.27 bits per heavy atom. The van der Waals surface area contributed by atoms with Gasteiger partial charge in [0.05, 0.1) is 17.8 Å². The molecule has 0 fully saturated rings. The molecule has 0 bridgehead atoms. The predicted molar refractivity (Wildman–Crippen MR) is 88.3 cm³/mol. The van der Waals surface area contributed by atoms with Crippen LogP contribution >= 0.6 is 34.8 Å². The molecule has 4 nitrogen and oxygen atoms in total. The zero-order chi connectivity index (χ0) is 16.1. The molecule has 0 saturated carbocycles. The van der Waals surface area contributed by atoms with Gasteiger partial charge >= 0.3 is 6.09 Å². The van der Waals surface area contributed by atoms with E-state index in [0.29, 0.717) is 26.5 Å².